The SMILES string of the molecule is CNC(C)CCN1CCCOCC1. The summed E-state index contributed by atoms with van der Waals surface area (Å²) in [4.78, 5) is 2.50. The van der Waals surface area contributed by atoms with Crippen molar-refractivity contribution in [3.63, 3.8) is 0 Å². The van der Waals surface area contributed by atoms with Gasteiger partial charge in [0.15, 0.2) is 0 Å². The lowest BCUT2D eigenvalue weighted by Gasteiger charge is -2.20. The molecule has 13 heavy (non-hydrogen) atoms. The summed E-state index contributed by atoms with van der Waals surface area (Å²) >= 11 is 0. The fraction of sp³-hybridized carbons (Fsp3) is 1.00. The summed E-state index contributed by atoms with van der Waals surface area (Å²) in [7, 11) is 2.02. The Kier molecular flexibility index (Phi) is 5.35. The second-order valence-corrected chi connectivity index (χ2v) is 3.79. The van der Waals surface area contributed by atoms with E-state index in [9.17, 15) is 0 Å². The molecule has 1 saturated heterocycles. The van der Waals surface area contributed by atoms with Crippen molar-refractivity contribution in [2.75, 3.05) is 39.9 Å². The molecule has 0 aromatic heterocycles. The maximum atomic E-state index is 5.40. The van der Waals surface area contributed by atoms with Gasteiger partial charge in [-0.1, -0.05) is 0 Å². The van der Waals surface area contributed by atoms with Gasteiger partial charge in [-0.2, -0.15) is 0 Å². The molecule has 0 bridgehead atoms. The Morgan fingerprint density at radius 1 is 1.38 bits per heavy atom. The average Bonchev–Trinajstić information content (AvgIpc) is 2.42. The summed E-state index contributed by atoms with van der Waals surface area (Å²) in [5, 5.41) is 3.26. The van der Waals surface area contributed by atoms with Gasteiger partial charge in [-0.3, -0.25) is 0 Å². The molecule has 0 aromatic carbocycles. The van der Waals surface area contributed by atoms with Gasteiger partial charge in [-0.05, 0) is 33.4 Å². The number of hydrogen-bond donors (Lipinski definition) is 1. The van der Waals surface area contributed by atoms with E-state index in [1.54, 1.807) is 0 Å². The number of hydrogen-bond acceptors (Lipinski definition) is 3. The molecule has 0 radical (unpaired) electrons. The van der Waals surface area contributed by atoms with E-state index >= 15 is 0 Å². The normalized spacial score (nSPS) is 22.6. The number of nitrogens with one attached hydrogen (secondary N) is 1. The van der Waals surface area contributed by atoms with Crippen LogP contribution in [0.3, 0.4) is 0 Å². The molecule has 3 nitrogen and oxygen atoms in total. The lowest BCUT2D eigenvalue weighted by molar-refractivity contribution is 0.141. The summed E-state index contributed by atoms with van der Waals surface area (Å²) in [6.07, 6.45) is 2.42. The first-order valence-electron chi connectivity index (χ1n) is 5.30. The molecule has 1 atom stereocenters. The van der Waals surface area contributed by atoms with Crippen LogP contribution in [0, 0.1) is 0 Å². The summed E-state index contributed by atoms with van der Waals surface area (Å²) in [6, 6.07) is 0.629. The van der Waals surface area contributed by atoms with Gasteiger partial charge >= 0.3 is 0 Å². The Morgan fingerprint density at radius 3 is 3.00 bits per heavy atom. The molecule has 1 rings (SSSR count). The zero-order chi connectivity index (χ0) is 9.52. The van der Waals surface area contributed by atoms with Crippen molar-refractivity contribution < 1.29 is 4.74 Å². The van der Waals surface area contributed by atoms with Gasteiger partial charge < -0.3 is 15.0 Å². The molecule has 0 aliphatic carbocycles. The Morgan fingerprint density at radius 2 is 2.23 bits per heavy atom. The van der Waals surface area contributed by atoms with Gasteiger partial charge in [-0.25, -0.2) is 0 Å². The molecule has 1 fully saturated rings. The van der Waals surface area contributed by atoms with Crippen molar-refractivity contribution in [1.29, 1.82) is 0 Å². The minimum absolute atomic E-state index is 0.629. The van der Waals surface area contributed by atoms with E-state index in [2.05, 4.69) is 17.1 Å². The van der Waals surface area contributed by atoms with Crippen LogP contribution in [0.5, 0.6) is 0 Å². The van der Waals surface area contributed by atoms with Crippen molar-refractivity contribution in [2.45, 2.75) is 25.8 Å². The van der Waals surface area contributed by atoms with E-state index in [1.807, 2.05) is 7.05 Å². The van der Waals surface area contributed by atoms with E-state index in [0.29, 0.717) is 6.04 Å². The third kappa shape index (κ3) is 4.60. The van der Waals surface area contributed by atoms with Crippen LogP contribution in [-0.2, 0) is 4.74 Å². The molecule has 0 saturated carbocycles. The largest absolute Gasteiger partial charge is 0.380 e. The van der Waals surface area contributed by atoms with Crippen LogP contribution in [0.2, 0.25) is 0 Å². The Hall–Kier alpha value is -0.120. The molecule has 1 heterocycles. The average molecular weight is 186 g/mol. The predicted octanol–water partition coefficient (Wildman–Crippen LogP) is 0.707. The van der Waals surface area contributed by atoms with Crippen LogP contribution in [-0.4, -0.2) is 50.8 Å². The Bertz CT molecular complexity index is 122. The van der Waals surface area contributed by atoms with E-state index in [4.69, 9.17) is 4.74 Å². The molecule has 3 heteroatoms. The highest BCUT2D eigenvalue weighted by atomic mass is 16.5. The lowest BCUT2D eigenvalue weighted by atomic mass is 10.2. The van der Waals surface area contributed by atoms with Crippen LogP contribution >= 0.6 is 0 Å². The molecular weight excluding hydrogens is 164 g/mol. The van der Waals surface area contributed by atoms with Crippen molar-refractivity contribution in [2.24, 2.45) is 0 Å². The summed E-state index contributed by atoms with van der Waals surface area (Å²) in [5.74, 6) is 0. The van der Waals surface area contributed by atoms with Gasteiger partial charge in [0, 0.05) is 25.7 Å². The van der Waals surface area contributed by atoms with Crippen LogP contribution in [0.25, 0.3) is 0 Å². The molecule has 0 aromatic rings. The Balaban J connectivity index is 2.11. The van der Waals surface area contributed by atoms with Crippen LogP contribution in [0.15, 0.2) is 0 Å². The molecule has 1 aliphatic heterocycles. The minimum atomic E-state index is 0.629. The maximum Gasteiger partial charge on any atom is 0.0593 e. The number of ether oxygens (including phenoxy) is 1. The van der Waals surface area contributed by atoms with Crippen molar-refractivity contribution in [3.05, 3.63) is 0 Å². The Labute approximate surface area is 81.4 Å². The molecule has 78 valence electrons. The zero-order valence-electron chi connectivity index (χ0n) is 8.88. The van der Waals surface area contributed by atoms with Gasteiger partial charge in [0.1, 0.15) is 0 Å². The summed E-state index contributed by atoms with van der Waals surface area (Å²) in [6.45, 7) is 7.60. The third-order valence-corrected chi connectivity index (χ3v) is 2.69. The highest BCUT2D eigenvalue weighted by Gasteiger charge is 2.09. The fourth-order valence-corrected chi connectivity index (χ4v) is 1.54. The smallest absolute Gasteiger partial charge is 0.0593 e. The van der Waals surface area contributed by atoms with Crippen molar-refractivity contribution in [1.82, 2.24) is 10.2 Å². The second kappa shape index (κ2) is 6.35. The first-order valence-corrected chi connectivity index (χ1v) is 5.30. The molecule has 1 aliphatic rings. The first kappa shape index (κ1) is 11.0. The number of rotatable bonds is 4. The molecule has 1 N–H and O–H groups in total. The van der Waals surface area contributed by atoms with Crippen molar-refractivity contribution in [3.8, 4) is 0 Å². The van der Waals surface area contributed by atoms with Crippen LogP contribution < -0.4 is 5.32 Å². The molecular formula is C10H22N2O. The third-order valence-electron chi connectivity index (χ3n) is 2.69. The second-order valence-electron chi connectivity index (χ2n) is 3.79. The first-order chi connectivity index (χ1) is 6.33. The van der Waals surface area contributed by atoms with Gasteiger partial charge in [-0.15, -0.1) is 0 Å². The van der Waals surface area contributed by atoms with E-state index < -0.39 is 0 Å². The van der Waals surface area contributed by atoms with Gasteiger partial charge in [0.2, 0.25) is 0 Å². The maximum absolute atomic E-state index is 5.40. The quantitative estimate of drug-likeness (QED) is 0.699. The van der Waals surface area contributed by atoms with Gasteiger partial charge in [0.25, 0.3) is 0 Å². The lowest BCUT2D eigenvalue weighted by Crippen LogP contribution is -2.32. The molecule has 0 spiro atoms. The molecule has 0 amide bonds. The highest BCUT2D eigenvalue weighted by molar-refractivity contribution is 4.65. The van der Waals surface area contributed by atoms with Crippen LogP contribution in [0.4, 0.5) is 0 Å². The van der Waals surface area contributed by atoms with Crippen molar-refractivity contribution >= 4 is 0 Å². The summed E-state index contributed by atoms with van der Waals surface area (Å²) < 4.78 is 5.40. The number of nitrogens with zero attached hydrogens (tertiary/aromatic N) is 1. The van der Waals surface area contributed by atoms with Gasteiger partial charge in [0.05, 0.1) is 6.61 Å². The van der Waals surface area contributed by atoms with Crippen LogP contribution in [0.1, 0.15) is 19.8 Å². The molecule has 1 unspecified atom stereocenters. The van der Waals surface area contributed by atoms with E-state index in [1.165, 1.54) is 25.9 Å². The fourth-order valence-electron chi connectivity index (χ4n) is 1.54. The zero-order valence-corrected chi connectivity index (χ0v) is 8.88. The minimum Gasteiger partial charge on any atom is -0.380 e. The van der Waals surface area contributed by atoms with E-state index in [-0.39, 0.29) is 0 Å². The van der Waals surface area contributed by atoms with E-state index in [0.717, 1.165) is 19.8 Å². The topological polar surface area (TPSA) is 24.5 Å². The highest BCUT2D eigenvalue weighted by Crippen LogP contribution is 2.01. The summed E-state index contributed by atoms with van der Waals surface area (Å²) in [5.41, 5.74) is 0. The predicted molar refractivity (Wildman–Crippen MR) is 55.0 cm³/mol. The monoisotopic (exact) mass is 186 g/mol. The standard InChI is InChI=1S/C10H22N2O/c1-10(11-2)4-6-12-5-3-8-13-9-7-12/h10-11H,3-9H2,1-2H3.